The predicted molar refractivity (Wildman–Crippen MR) is 213 cm³/mol. The van der Waals surface area contributed by atoms with Gasteiger partial charge < -0.3 is 15.4 Å². The van der Waals surface area contributed by atoms with Crippen molar-refractivity contribution in [3.8, 4) is 5.75 Å². The van der Waals surface area contributed by atoms with Gasteiger partial charge in [-0.1, -0.05) is 66.7 Å². The fraction of sp³-hybridized carbons (Fsp3) is 0.220. The normalized spacial score (nSPS) is 11.5. The van der Waals surface area contributed by atoms with Crippen LogP contribution >= 0.6 is 11.8 Å². The maximum absolute atomic E-state index is 12.7. The molecule has 0 spiro atoms. The summed E-state index contributed by atoms with van der Waals surface area (Å²) >= 11 is 1.73. The first kappa shape index (κ1) is 40.5. The lowest BCUT2D eigenvalue weighted by Gasteiger charge is -2.12. The van der Waals surface area contributed by atoms with Crippen LogP contribution in [-0.4, -0.2) is 54.4 Å². The van der Waals surface area contributed by atoms with Gasteiger partial charge in [-0.3, -0.25) is 14.1 Å². The molecule has 284 valence electrons. The maximum atomic E-state index is 12.7. The number of amides is 2. The largest absolute Gasteiger partial charge is 0.491 e. The third-order valence-electron chi connectivity index (χ3n) is 8.21. The highest BCUT2D eigenvalue weighted by Gasteiger charge is 2.14. The number of thioether (sulfide) groups is 1. The lowest BCUT2D eigenvalue weighted by molar-refractivity contribution is -0.116. The first-order valence-corrected chi connectivity index (χ1v) is 20.0. The van der Waals surface area contributed by atoms with E-state index in [0.717, 1.165) is 12.1 Å². The van der Waals surface area contributed by atoms with Crippen LogP contribution in [0.5, 0.6) is 5.75 Å². The molecular weight excluding hydrogens is 737 g/mol. The van der Waals surface area contributed by atoms with E-state index in [2.05, 4.69) is 70.0 Å². The van der Waals surface area contributed by atoms with E-state index in [4.69, 9.17) is 9.72 Å². The molecule has 0 saturated heterocycles. The zero-order valence-corrected chi connectivity index (χ0v) is 32.1. The van der Waals surface area contributed by atoms with Gasteiger partial charge in [-0.25, -0.2) is 9.97 Å². The van der Waals surface area contributed by atoms with Crippen molar-refractivity contribution in [3.05, 3.63) is 149 Å². The van der Waals surface area contributed by atoms with Gasteiger partial charge in [0, 0.05) is 42.4 Å². The molecule has 12 nitrogen and oxygen atoms in total. The summed E-state index contributed by atoms with van der Waals surface area (Å²) in [5, 5.41) is 13.6. The Bertz CT molecular complexity index is 2230. The van der Waals surface area contributed by atoms with Gasteiger partial charge in [0.25, 0.3) is 16.0 Å². The minimum absolute atomic E-state index is 0.0884. The Labute approximate surface area is 325 Å². The second-order valence-corrected chi connectivity index (χ2v) is 14.8. The monoisotopic (exact) mass is 778 g/mol. The summed E-state index contributed by atoms with van der Waals surface area (Å²) in [5.74, 6) is 0.841. The average molecular weight is 779 g/mol. The standard InChI is InChI=1S/C41H42N6O6S2/c1-29-10-8-11-30(2)40(29)54-28-34-17-19-36(53-25-22-31-12-4-3-5-13-31)35(46-34)18-21-39(48)42-23-9-24-43-41(49)33-16-20-38(44-26-33)47-45-27-32-14-6-7-15-37(32)55(50,51)52/h3-8,10-21,26H,9,22-25,27-28H2,1-2H3,(H,42,48)(H,43,49)(H,50,51,52). The molecule has 0 bridgehead atoms. The zero-order chi connectivity index (χ0) is 39.0. The number of rotatable bonds is 18. The highest BCUT2D eigenvalue weighted by atomic mass is 32.2. The molecule has 3 aromatic carbocycles. The van der Waals surface area contributed by atoms with Crippen LogP contribution in [0.3, 0.4) is 0 Å². The first-order valence-electron chi connectivity index (χ1n) is 17.6. The molecule has 55 heavy (non-hydrogen) atoms. The minimum atomic E-state index is -4.39. The van der Waals surface area contributed by atoms with Crippen molar-refractivity contribution in [2.75, 3.05) is 19.7 Å². The Morgan fingerprint density at radius 2 is 1.64 bits per heavy atom. The number of nitrogens with zero attached hydrogens (tertiary/aromatic N) is 4. The van der Waals surface area contributed by atoms with Gasteiger partial charge in [-0.2, -0.15) is 13.5 Å². The number of hydrogen-bond acceptors (Lipinski definition) is 10. The molecule has 0 atom stereocenters. The summed E-state index contributed by atoms with van der Waals surface area (Å²) in [5.41, 5.74) is 5.64. The highest BCUT2D eigenvalue weighted by Crippen LogP contribution is 2.30. The maximum Gasteiger partial charge on any atom is 0.294 e. The van der Waals surface area contributed by atoms with Crippen LogP contribution in [-0.2, 0) is 33.6 Å². The Balaban J connectivity index is 1.09. The van der Waals surface area contributed by atoms with Crippen LogP contribution in [0.2, 0.25) is 0 Å². The van der Waals surface area contributed by atoms with Crippen molar-refractivity contribution < 1.29 is 27.3 Å². The average Bonchev–Trinajstić information content (AvgIpc) is 3.17. The molecule has 5 aromatic rings. The fourth-order valence-electron chi connectivity index (χ4n) is 5.39. The number of aromatic nitrogens is 2. The van der Waals surface area contributed by atoms with Crippen molar-refractivity contribution in [3.63, 3.8) is 0 Å². The number of aryl methyl sites for hydroxylation is 2. The second kappa shape index (κ2) is 20.1. The molecule has 2 aromatic heterocycles. The molecule has 2 heterocycles. The SMILES string of the molecule is Cc1cccc(C)c1SCc1ccc(OCCc2ccccc2)c(C=CC(=O)NCCCNC(=O)c2ccc(N=NCc3ccccc3S(=O)(=O)O)nc2)n1. The van der Waals surface area contributed by atoms with Crippen LogP contribution in [0, 0.1) is 13.8 Å². The number of ether oxygens (including phenoxy) is 1. The van der Waals surface area contributed by atoms with Gasteiger partial charge in [-0.15, -0.1) is 16.9 Å². The van der Waals surface area contributed by atoms with Gasteiger partial charge in [0.2, 0.25) is 5.91 Å². The highest BCUT2D eigenvalue weighted by molar-refractivity contribution is 7.98. The van der Waals surface area contributed by atoms with E-state index in [1.807, 2.05) is 30.3 Å². The van der Waals surface area contributed by atoms with Crippen LogP contribution in [0.25, 0.3) is 6.08 Å². The van der Waals surface area contributed by atoms with E-state index in [1.54, 1.807) is 30.0 Å². The molecule has 2 amide bonds. The smallest absolute Gasteiger partial charge is 0.294 e. The van der Waals surface area contributed by atoms with Gasteiger partial charge >= 0.3 is 0 Å². The molecule has 0 saturated carbocycles. The summed E-state index contributed by atoms with van der Waals surface area (Å²) in [6.45, 7) is 5.23. The van der Waals surface area contributed by atoms with E-state index < -0.39 is 10.1 Å². The molecule has 0 fully saturated rings. The molecule has 0 aliphatic carbocycles. The van der Waals surface area contributed by atoms with Crippen LogP contribution in [0.15, 0.2) is 129 Å². The Morgan fingerprint density at radius 1 is 0.891 bits per heavy atom. The van der Waals surface area contributed by atoms with Crippen molar-refractivity contribution in [1.82, 2.24) is 20.6 Å². The molecule has 5 rings (SSSR count). The van der Waals surface area contributed by atoms with E-state index in [9.17, 15) is 22.6 Å². The molecule has 0 aliphatic rings. The van der Waals surface area contributed by atoms with Crippen molar-refractivity contribution in [2.45, 2.75) is 48.8 Å². The third-order valence-corrected chi connectivity index (χ3v) is 10.5. The number of benzene rings is 3. The van der Waals surface area contributed by atoms with E-state index in [1.165, 1.54) is 58.1 Å². The summed E-state index contributed by atoms with van der Waals surface area (Å²) in [4.78, 5) is 35.3. The fourth-order valence-corrected chi connectivity index (χ4v) is 7.15. The van der Waals surface area contributed by atoms with Crippen LogP contribution < -0.4 is 15.4 Å². The lowest BCUT2D eigenvalue weighted by atomic mass is 10.2. The van der Waals surface area contributed by atoms with Gasteiger partial charge in [-0.05, 0) is 78.9 Å². The molecule has 0 radical (unpaired) electrons. The lowest BCUT2D eigenvalue weighted by Crippen LogP contribution is -2.29. The van der Waals surface area contributed by atoms with Gasteiger partial charge in [0.1, 0.15) is 11.4 Å². The summed E-state index contributed by atoms with van der Waals surface area (Å²) in [6, 6.07) is 29.2. The second-order valence-electron chi connectivity index (χ2n) is 12.4. The van der Waals surface area contributed by atoms with Crippen molar-refractivity contribution >= 4 is 45.6 Å². The molecule has 0 aliphatic heterocycles. The van der Waals surface area contributed by atoms with Gasteiger partial charge in [0.05, 0.1) is 29.3 Å². The number of hydrogen-bond donors (Lipinski definition) is 3. The van der Waals surface area contributed by atoms with Crippen LogP contribution in [0.4, 0.5) is 5.82 Å². The number of carbonyl (C=O) groups is 2. The Morgan fingerprint density at radius 3 is 2.38 bits per heavy atom. The number of pyridine rings is 2. The van der Waals surface area contributed by atoms with Gasteiger partial charge in [0.15, 0.2) is 5.82 Å². The van der Waals surface area contributed by atoms with Crippen LogP contribution in [0.1, 0.15) is 50.4 Å². The van der Waals surface area contributed by atoms with E-state index in [-0.39, 0.29) is 34.6 Å². The summed E-state index contributed by atoms with van der Waals surface area (Å²) < 4.78 is 38.6. The van der Waals surface area contributed by atoms with E-state index >= 15 is 0 Å². The van der Waals surface area contributed by atoms with Crippen molar-refractivity contribution in [1.29, 1.82) is 0 Å². The molecule has 3 N–H and O–H groups in total. The third kappa shape index (κ3) is 12.7. The summed E-state index contributed by atoms with van der Waals surface area (Å²) in [6.07, 6.45) is 5.68. The topological polar surface area (TPSA) is 172 Å². The van der Waals surface area contributed by atoms with Crippen molar-refractivity contribution in [2.24, 2.45) is 10.2 Å². The first-order chi connectivity index (χ1) is 26.6. The predicted octanol–water partition coefficient (Wildman–Crippen LogP) is 7.49. The number of carbonyl (C=O) groups excluding carboxylic acids is 2. The zero-order valence-electron chi connectivity index (χ0n) is 30.5. The molecule has 14 heteroatoms. The minimum Gasteiger partial charge on any atom is -0.491 e. The quantitative estimate of drug-likeness (QED) is 0.0268. The summed E-state index contributed by atoms with van der Waals surface area (Å²) in [7, 11) is -4.39. The number of nitrogens with one attached hydrogen (secondary N) is 2. The molecule has 0 unspecified atom stereocenters. The Kier molecular flexibility index (Phi) is 14.8. The molecular formula is C41H42N6O6S2. The Hall–Kier alpha value is -5.70. The van der Waals surface area contributed by atoms with E-state index in [0.29, 0.717) is 48.9 Å². The number of azo groups is 1.